The monoisotopic (exact) mass is 191 g/mol. The van der Waals surface area contributed by atoms with Crippen LogP contribution in [-0.2, 0) is 6.42 Å². The molecule has 0 aliphatic rings. The fourth-order valence-electron chi connectivity index (χ4n) is 1.39. The molecule has 0 saturated heterocycles. The Balaban J connectivity index is 2.55. The van der Waals surface area contributed by atoms with Crippen LogP contribution in [0.2, 0.25) is 0 Å². The number of para-hydroxylation sites is 1. The van der Waals surface area contributed by atoms with Gasteiger partial charge in [-0.1, -0.05) is 13.0 Å². The van der Waals surface area contributed by atoms with Gasteiger partial charge in [-0.15, -0.1) is 0 Å². The third-order valence-corrected chi connectivity index (χ3v) is 2.03. The molecule has 1 aromatic heterocycles. The van der Waals surface area contributed by atoms with Crippen LogP contribution in [0.1, 0.15) is 19.7 Å². The van der Waals surface area contributed by atoms with Gasteiger partial charge in [0.2, 0.25) is 0 Å². The van der Waals surface area contributed by atoms with Crippen molar-refractivity contribution in [2.75, 3.05) is 6.61 Å². The Bertz CT molecular complexity index is 434. The summed E-state index contributed by atoms with van der Waals surface area (Å²) >= 11 is 0. The highest BCUT2D eigenvalue weighted by Gasteiger charge is 2.08. The maximum Gasteiger partial charge on any atom is 0.195 e. The smallest absolute Gasteiger partial charge is 0.195 e. The largest absolute Gasteiger partial charge is 0.491 e. The third kappa shape index (κ3) is 1.45. The fourth-order valence-corrected chi connectivity index (χ4v) is 1.39. The van der Waals surface area contributed by atoms with Gasteiger partial charge < -0.3 is 9.15 Å². The van der Waals surface area contributed by atoms with Gasteiger partial charge in [0.15, 0.2) is 17.0 Å². The fraction of sp³-hybridized carbons (Fsp3) is 0.364. The average molecular weight is 191 g/mol. The Morgan fingerprint density at radius 3 is 2.93 bits per heavy atom. The van der Waals surface area contributed by atoms with E-state index in [0.29, 0.717) is 6.61 Å². The second-order valence-corrected chi connectivity index (χ2v) is 3.00. The number of aromatic nitrogens is 1. The van der Waals surface area contributed by atoms with Crippen molar-refractivity contribution in [2.45, 2.75) is 20.3 Å². The molecule has 0 radical (unpaired) electrons. The Hall–Kier alpha value is -1.51. The zero-order chi connectivity index (χ0) is 9.97. The van der Waals surface area contributed by atoms with Crippen LogP contribution in [-0.4, -0.2) is 11.6 Å². The lowest BCUT2D eigenvalue weighted by molar-refractivity contribution is 0.343. The predicted molar refractivity (Wildman–Crippen MR) is 54.6 cm³/mol. The molecule has 0 atom stereocenters. The molecule has 0 amide bonds. The van der Waals surface area contributed by atoms with Gasteiger partial charge in [-0.2, -0.15) is 0 Å². The average Bonchev–Trinajstić information content (AvgIpc) is 2.62. The topological polar surface area (TPSA) is 35.3 Å². The summed E-state index contributed by atoms with van der Waals surface area (Å²) in [5.41, 5.74) is 1.62. The molecule has 3 nitrogen and oxygen atoms in total. The zero-order valence-corrected chi connectivity index (χ0v) is 8.41. The lowest BCUT2D eigenvalue weighted by atomic mass is 10.3. The predicted octanol–water partition coefficient (Wildman–Crippen LogP) is 2.79. The molecule has 0 spiro atoms. The quantitative estimate of drug-likeness (QED) is 0.748. The van der Waals surface area contributed by atoms with E-state index in [-0.39, 0.29) is 0 Å². The Labute approximate surface area is 82.7 Å². The molecule has 1 heterocycles. The van der Waals surface area contributed by atoms with Crippen LogP contribution in [0.5, 0.6) is 5.75 Å². The molecule has 0 unspecified atom stereocenters. The summed E-state index contributed by atoms with van der Waals surface area (Å²) in [7, 11) is 0. The van der Waals surface area contributed by atoms with E-state index in [1.807, 2.05) is 32.0 Å². The first-order valence-electron chi connectivity index (χ1n) is 4.86. The van der Waals surface area contributed by atoms with Crippen molar-refractivity contribution >= 4 is 11.1 Å². The second-order valence-electron chi connectivity index (χ2n) is 3.00. The van der Waals surface area contributed by atoms with Crippen LogP contribution in [0.4, 0.5) is 0 Å². The van der Waals surface area contributed by atoms with Crippen molar-refractivity contribution in [1.82, 2.24) is 4.98 Å². The number of benzene rings is 1. The van der Waals surface area contributed by atoms with Gasteiger partial charge in [0.05, 0.1) is 6.61 Å². The van der Waals surface area contributed by atoms with Gasteiger partial charge in [0, 0.05) is 6.42 Å². The summed E-state index contributed by atoms with van der Waals surface area (Å²) in [6.07, 6.45) is 0.806. The molecule has 0 aliphatic carbocycles. The highest BCUT2D eigenvalue weighted by molar-refractivity contribution is 5.79. The first-order valence-corrected chi connectivity index (χ1v) is 4.86. The van der Waals surface area contributed by atoms with Crippen molar-refractivity contribution in [3.63, 3.8) is 0 Å². The van der Waals surface area contributed by atoms with E-state index in [1.165, 1.54) is 0 Å². The van der Waals surface area contributed by atoms with Crippen LogP contribution in [0, 0.1) is 0 Å². The molecular weight excluding hydrogens is 178 g/mol. The first kappa shape index (κ1) is 9.06. The lowest BCUT2D eigenvalue weighted by Crippen LogP contribution is -1.91. The van der Waals surface area contributed by atoms with Crippen molar-refractivity contribution in [1.29, 1.82) is 0 Å². The minimum atomic E-state index is 0.646. The summed E-state index contributed by atoms with van der Waals surface area (Å²) in [4.78, 5) is 4.36. The number of hydrogen-bond donors (Lipinski definition) is 0. The van der Waals surface area contributed by atoms with Crippen LogP contribution >= 0.6 is 0 Å². The normalized spacial score (nSPS) is 10.7. The van der Waals surface area contributed by atoms with Crippen LogP contribution in [0.25, 0.3) is 11.1 Å². The van der Waals surface area contributed by atoms with Gasteiger partial charge in [0.25, 0.3) is 0 Å². The summed E-state index contributed by atoms with van der Waals surface area (Å²) < 4.78 is 11.0. The second kappa shape index (κ2) is 3.70. The summed E-state index contributed by atoms with van der Waals surface area (Å²) in [6, 6.07) is 5.73. The number of nitrogens with zero attached hydrogens (tertiary/aromatic N) is 1. The molecular formula is C11H13NO2. The van der Waals surface area contributed by atoms with E-state index in [1.54, 1.807) is 0 Å². The summed E-state index contributed by atoms with van der Waals surface area (Å²) in [5.74, 6) is 1.56. The minimum absolute atomic E-state index is 0.646. The molecule has 14 heavy (non-hydrogen) atoms. The lowest BCUT2D eigenvalue weighted by Gasteiger charge is -2.01. The first-order chi connectivity index (χ1) is 6.85. The highest BCUT2D eigenvalue weighted by Crippen LogP contribution is 2.25. The maximum atomic E-state index is 5.51. The molecule has 3 heteroatoms. The standard InChI is InChI=1S/C11H13NO2/c1-3-10-12-11-8(13-4-2)6-5-7-9(11)14-10/h5-7H,3-4H2,1-2H3. The molecule has 2 rings (SSSR count). The van der Waals surface area contributed by atoms with Gasteiger partial charge in [-0.05, 0) is 19.1 Å². The minimum Gasteiger partial charge on any atom is -0.491 e. The Kier molecular flexibility index (Phi) is 2.39. The number of hydrogen-bond acceptors (Lipinski definition) is 3. The van der Waals surface area contributed by atoms with E-state index in [9.17, 15) is 0 Å². The number of aryl methyl sites for hydroxylation is 1. The van der Waals surface area contributed by atoms with Crippen molar-refractivity contribution in [2.24, 2.45) is 0 Å². The molecule has 2 aromatic rings. The van der Waals surface area contributed by atoms with Crippen molar-refractivity contribution in [3.05, 3.63) is 24.1 Å². The Morgan fingerprint density at radius 1 is 1.36 bits per heavy atom. The third-order valence-electron chi connectivity index (χ3n) is 2.03. The molecule has 0 N–H and O–H groups in total. The zero-order valence-electron chi connectivity index (χ0n) is 8.41. The summed E-state index contributed by atoms with van der Waals surface area (Å²) in [5, 5.41) is 0. The summed E-state index contributed by atoms with van der Waals surface area (Å²) in [6.45, 7) is 4.62. The van der Waals surface area contributed by atoms with E-state index in [2.05, 4.69) is 4.98 Å². The van der Waals surface area contributed by atoms with Crippen molar-refractivity contribution < 1.29 is 9.15 Å². The Morgan fingerprint density at radius 2 is 2.21 bits per heavy atom. The molecule has 1 aromatic carbocycles. The SMILES string of the molecule is CCOc1cccc2oc(CC)nc12. The van der Waals surface area contributed by atoms with E-state index >= 15 is 0 Å². The van der Waals surface area contributed by atoms with E-state index < -0.39 is 0 Å². The number of rotatable bonds is 3. The molecule has 0 saturated carbocycles. The van der Waals surface area contributed by atoms with Gasteiger partial charge in [0.1, 0.15) is 5.75 Å². The van der Waals surface area contributed by atoms with Crippen LogP contribution < -0.4 is 4.74 Å². The van der Waals surface area contributed by atoms with Gasteiger partial charge in [-0.3, -0.25) is 0 Å². The van der Waals surface area contributed by atoms with Gasteiger partial charge in [-0.25, -0.2) is 4.98 Å². The number of fused-ring (bicyclic) bond motifs is 1. The maximum absolute atomic E-state index is 5.51. The number of oxazole rings is 1. The van der Waals surface area contributed by atoms with Crippen LogP contribution in [0.15, 0.2) is 22.6 Å². The molecule has 74 valence electrons. The highest BCUT2D eigenvalue weighted by atomic mass is 16.5. The van der Waals surface area contributed by atoms with E-state index in [4.69, 9.17) is 9.15 Å². The van der Waals surface area contributed by atoms with Gasteiger partial charge >= 0.3 is 0 Å². The van der Waals surface area contributed by atoms with E-state index in [0.717, 1.165) is 29.2 Å². The van der Waals surface area contributed by atoms with Crippen molar-refractivity contribution in [3.8, 4) is 5.75 Å². The molecule has 0 fully saturated rings. The number of ether oxygens (including phenoxy) is 1. The van der Waals surface area contributed by atoms with Crippen LogP contribution in [0.3, 0.4) is 0 Å². The molecule has 0 bridgehead atoms. The molecule has 0 aliphatic heterocycles.